The highest BCUT2D eigenvalue weighted by Crippen LogP contribution is 2.11. The van der Waals surface area contributed by atoms with Gasteiger partial charge in [-0.25, -0.2) is 0 Å². The highest BCUT2D eigenvalue weighted by molar-refractivity contribution is 6.30. The van der Waals surface area contributed by atoms with E-state index in [1.807, 2.05) is 24.3 Å². The van der Waals surface area contributed by atoms with E-state index in [0.717, 1.165) is 30.6 Å². The molecule has 2 rings (SSSR count). The summed E-state index contributed by atoms with van der Waals surface area (Å²) >= 11 is 5.95. The summed E-state index contributed by atoms with van der Waals surface area (Å²) in [5.41, 5.74) is 2.46. The topological polar surface area (TPSA) is 63.2 Å². The molecule has 0 radical (unpaired) electrons. The highest BCUT2D eigenvalue weighted by Gasteiger charge is 2.06. The van der Waals surface area contributed by atoms with Crippen LogP contribution in [0.2, 0.25) is 5.02 Å². The van der Waals surface area contributed by atoms with Crippen LogP contribution in [0.4, 0.5) is 5.69 Å². The van der Waals surface area contributed by atoms with Crippen LogP contribution < -0.4 is 10.6 Å². The maximum atomic E-state index is 12.2. The van der Waals surface area contributed by atoms with E-state index in [4.69, 9.17) is 16.3 Å². The normalized spacial score (nSPS) is 10.4. The summed E-state index contributed by atoms with van der Waals surface area (Å²) in [7, 11) is 1.68. The molecule has 24 heavy (non-hydrogen) atoms. The second-order valence-electron chi connectivity index (χ2n) is 5.37. The van der Waals surface area contributed by atoms with Gasteiger partial charge in [-0.15, -0.1) is 0 Å². The molecule has 0 saturated carbocycles. The Balaban J connectivity index is 1.81. The molecule has 1 aromatic heterocycles. The highest BCUT2D eigenvalue weighted by atomic mass is 35.5. The number of methoxy groups -OCH3 is 1. The molecule has 0 fully saturated rings. The second-order valence-corrected chi connectivity index (χ2v) is 5.81. The molecule has 1 heterocycles. The van der Waals surface area contributed by atoms with Gasteiger partial charge in [-0.05, 0) is 36.6 Å². The van der Waals surface area contributed by atoms with Gasteiger partial charge < -0.3 is 15.4 Å². The van der Waals surface area contributed by atoms with Gasteiger partial charge in [0, 0.05) is 44.2 Å². The molecule has 0 aliphatic rings. The first-order valence-corrected chi connectivity index (χ1v) is 8.27. The summed E-state index contributed by atoms with van der Waals surface area (Å²) in [5, 5.41) is 6.83. The molecule has 1 amide bonds. The Morgan fingerprint density at radius 3 is 2.92 bits per heavy atom. The zero-order valence-electron chi connectivity index (χ0n) is 13.7. The molecule has 0 unspecified atom stereocenters. The van der Waals surface area contributed by atoms with Gasteiger partial charge in [-0.2, -0.15) is 0 Å². The summed E-state index contributed by atoms with van der Waals surface area (Å²) in [5.74, 6) is -0.134. The van der Waals surface area contributed by atoms with Crippen LogP contribution in [-0.4, -0.2) is 37.7 Å². The number of hydrogen-bond acceptors (Lipinski definition) is 4. The van der Waals surface area contributed by atoms with Crippen LogP contribution in [0.5, 0.6) is 0 Å². The first-order chi connectivity index (χ1) is 11.7. The molecular formula is C18H22ClN3O2. The summed E-state index contributed by atoms with van der Waals surface area (Å²) in [6, 6.07) is 9.43. The minimum atomic E-state index is -0.134. The van der Waals surface area contributed by atoms with Crippen molar-refractivity contribution in [1.82, 2.24) is 10.3 Å². The Kier molecular flexibility index (Phi) is 7.52. The molecule has 1 aromatic carbocycles. The van der Waals surface area contributed by atoms with Gasteiger partial charge in [0.05, 0.1) is 11.3 Å². The molecule has 128 valence electrons. The predicted octanol–water partition coefficient (Wildman–Crippen LogP) is 3.16. The smallest absolute Gasteiger partial charge is 0.252 e. The molecule has 5 nitrogen and oxygen atoms in total. The van der Waals surface area contributed by atoms with Gasteiger partial charge >= 0.3 is 0 Å². The third kappa shape index (κ3) is 6.18. The zero-order chi connectivity index (χ0) is 17.2. The molecule has 0 aliphatic heterocycles. The number of carbonyl (C=O) groups is 1. The maximum absolute atomic E-state index is 12.2. The number of aromatic nitrogens is 1. The molecule has 2 aromatic rings. The number of ether oxygens (including phenoxy) is 1. The lowest BCUT2D eigenvalue weighted by Crippen LogP contribution is -2.25. The van der Waals surface area contributed by atoms with E-state index in [1.165, 1.54) is 0 Å². The van der Waals surface area contributed by atoms with E-state index in [0.29, 0.717) is 23.7 Å². The SMILES string of the molecule is COCCCNc1cncc(C(=O)NCCc2cccc(Cl)c2)c1. The molecule has 2 N–H and O–H groups in total. The molecule has 6 heteroatoms. The third-order valence-corrected chi connectivity index (χ3v) is 3.68. The summed E-state index contributed by atoms with van der Waals surface area (Å²) in [6.45, 7) is 2.02. The van der Waals surface area contributed by atoms with Gasteiger partial charge in [-0.1, -0.05) is 23.7 Å². The minimum Gasteiger partial charge on any atom is -0.385 e. The molecule has 0 spiro atoms. The van der Waals surface area contributed by atoms with Crippen molar-refractivity contribution in [3.05, 3.63) is 58.9 Å². The molecule has 0 atom stereocenters. The fraction of sp³-hybridized carbons (Fsp3) is 0.333. The average Bonchev–Trinajstić information content (AvgIpc) is 2.59. The van der Waals surface area contributed by atoms with Crippen LogP contribution in [-0.2, 0) is 11.2 Å². The van der Waals surface area contributed by atoms with Crippen molar-refractivity contribution in [3.63, 3.8) is 0 Å². The van der Waals surface area contributed by atoms with Gasteiger partial charge in [0.15, 0.2) is 0 Å². The van der Waals surface area contributed by atoms with Crippen molar-refractivity contribution >= 4 is 23.2 Å². The first-order valence-electron chi connectivity index (χ1n) is 7.89. The van der Waals surface area contributed by atoms with Crippen LogP contribution in [0.15, 0.2) is 42.7 Å². The predicted molar refractivity (Wildman–Crippen MR) is 96.7 cm³/mol. The number of nitrogens with zero attached hydrogens (tertiary/aromatic N) is 1. The second kappa shape index (κ2) is 9.90. The number of benzene rings is 1. The Labute approximate surface area is 147 Å². The zero-order valence-corrected chi connectivity index (χ0v) is 14.5. The minimum absolute atomic E-state index is 0.134. The van der Waals surface area contributed by atoms with E-state index in [2.05, 4.69) is 15.6 Å². The van der Waals surface area contributed by atoms with Crippen molar-refractivity contribution in [2.24, 2.45) is 0 Å². The van der Waals surface area contributed by atoms with E-state index in [1.54, 1.807) is 25.6 Å². The maximum Gasteiger partial charge on any atom is 0.252 e. The number of amides is 1. The van der Waals surface area contributed by atoms with Gasteiger partial charge in [0.1, 0.15) is 0 Å². The van der Waals surface area contributed by atoms with Gasteiger partial charge in [0.2, 0.25) is 0 Å². The number of nitrogens with one attached hydrogen (secondary N) is 2. The summed E-state index contributed by atoms with van der Waals surface area (Å²) < 4.78 is 5.00. The fourth-order valence-electron chi connectivity index (χ4n) is 2.22. The standard InChI is InChI=1S/C18H22ClN3O2/c1-24-9-3-7-21-17-11-15(12-20-13-17)18(23)22-8-6-14-4-2-5-16(19)10-14/h2,4-5,10-13,21H,3,6-9H2,1H3,(H,22,23). The number of pyridine rings is 1. The largest absolute Gasteiger partial charge is 0.385 e. The van der Waals surface area contributed by atoms with E-state index < -0.39 is 0 Å². The molecular weight excluding hydrogens is 326 g/mol. The van der Waals surface area contributed by atoms with Crippen LogP contribution in [0.1, 0.15) is 22.3 Å². The lowest BCUT2D eigenvalue weighted by Gasteiger charge is -2.08. The van der Waals surface area contributed by atoms with E-state index >= 15 is 0 Å². The third-order valence-electron chi connectivity index (χ3n) is 3.44. The molecule has 0 aliphatic carbocycles. The van der Waals surface area contributed by atoms with Crippen LogP contribution in [0, 0.1) is 0 Å². The van der Waals surface area contributed by atoms with Crippen LogP contribution in [0.25, 0.3) is 0 Å². The lowest BCUT2D eigenvalue weighted by atomic mass is 10.1. The monoisotopic (exact) mass is 347 g/mol. The Morgan fingerprint density at radius 1 is 1.25 bits per heavy atom. The van der Waals surface area contributed by atoms with Crippen LogP contribution in [0.3, 0.4) is 0 Å². The first kappa shape index (κ1) is 18.2. The van der Waals surface area contributed by atoms with Crippen molar-refractivity contribution in [1.29, 1.82) is 0 Å². The summed E-state index contributed by atoms with van der Waals surface area (Å²) in [4.78, 5) is 16.3. The summed E-state index contributed by atoms with van der Waals surface area (Å²) in [6.07, 6.45) is 4.89. The number of carbonyl (C=O) groups excluding carboxylic acids is 1. The van der Waals surface area contributed by atoms with Crippen molar-refractivity contribution < 1.29 is 9.53 Å². The van der Waals surface area contributed by atoms with E-state index in [9.17, 15) is 4.79 Å². The van der Waals surface area contributed by atoms with Gasteiger partial charge in [0.25, 0.3) is 5.91 Å². The molecule has 0 saturated heterocycles. The average molecular weight is 348 g/mol. The lowest BCUT2D eigenvalue weighted by molar-refractivity contribution is 0.0954. The number of halogens is 1. The Hall–Kier alpha value is -2.11. The fourth-order valence-corrected chi connectivity index (χ4v) is 2.44. The van der Waals surface area contributed by atoms with Crippen molar-refractivity contribution in [2.75, 3.05) is 32.1 Å². The van der Waals surface area contributed by atoms with Crippen LogP contribution >= 0.6 is 11.6 Å². The Bertz CT molecular complexity index is 664. The molecule has 0 bridgehead atoms. The van der Waals surface area contributed by atoms with Crippen molar-refractivity contribution in [2.45, 2.75) is 12.8 Å². The van der Waals surface area contributed by atoms with Gasteiger partial charge in [-0.3, -0.25) is 9.78 Å². The quantitative estimate of drug-likeness (QED) is 0.684. The number of rotatable bonds is 9. The van der Waals surface area contributed by atoms with Crippen molar-refractivity contribution in [3.8, 4) is 0 Å². The Morgan fingerprint density at radius 2 is 2.12 bits per heavy atom. The number of anilines is 1. The van der Waals surface area contributed by atoms with E-state index in [-0.39, 0.29) is 5.91 Å². The number of hydrogen-bond donors (Lipinski definition) is 2.